The van der Waals surface area contributed by atoms with E-state index in [1.165, 1.54) is 29.4 Å². The van der Waals surface area contributed by atoms with Crippen LogP contribution < -0.4 is 10.1 Å². The monoisotopic (exact) mass is 318 g/mol. The van der Waals surface area contributed by atoms with E-state index in [-0.39, 0.29) is 0 Å². The Bertz CT molecular complexity index is 896. The summed E-state index contributed by atoms with van der Waals surface area (Å²) in [6.07, 6.45) is 2.57. The van der Waals surface area contributed by atoms with Crippen LogP contribution in [-0.4, -0.2) is 12.1 Å². The van der Waals surface area contributed by atoms with Crippen molar-refractivity contribution in [3.63, 3.8) is 0 Å². The zero-order chi connectivity index (χ0) is 16.7. The van der Waals surface area contributed by atoms with Gasteiger partial charge in [0.15, 0.2) is 0 Å². The van der Waals surface area contributed by atoms with Crippen molar-refractivity contribution in [2.24, 2.45) is 0 Å². The van der Waals surface area contributed by atoms with Crippen LogP contribution in [0.2, 0.25) is 0 Å². The van der Waals surface area contributed by atoms with E-state index in [1.54, 1.807) is 7.11 Å². The van der Waals surface area contributed by atoms with Gasteiger partial charge in [-0.2, -0.15) is 0 Å². The molecule has 0 radical (unpaired) electrons. The second kappa shape index (κ2) is 5.82. The molecule has 0 unspecified atom stereocenters. The highest BCUT2D eigenvalue weighted by Crippen LogP contribution is 2.44. The quantitative estimate of drug-likeness (QED) is 0.691. The van der Waals surface area contributed by atoms with Crippen LogP contribution in [0.4, 0.5) is 11.4 Å². The van der Waals surface area contributed by atoms with Crippen molar-refractivity contribution in [2.75, 3.05) is 12.4 Å². The summed E-state index contributed by atoms with van der Waals surface area (Å²) in [4.78, 5) is 4.85. The van der Waals surface area contributed by atoms with Gasteiger partial charge in [0.25, 0.3) is 0 Å². The molecule has 24 heavy (non-hydrogen) atoms. The maximum absolute atomic E-state index is 5.24. The molecule has 0 amide bonds. The van der Waals surface area contributed by atoms with E-state index >= 15 is 0 Å². The molecule has 0 bridgehead atoms. The van der Waals surface area contributed by atoms with E-state index in [9.17, 15) is 0 Å². The van der Waals surface area contributed by atoms with Crippen molar-refractivity contribution in [3.8, 4) is 5.75 Å². The largest absolute Gasteiger partial charge is 0.497 e. The fourth-order valence-corrected chi connectivity index (χ4v) is 3.27. The number of nitrogens with zero attached hydrogens (tertiary/aromatic N) is 1. The van der Waals surface area contributed by atoms with Crippen molar-refractivity contribution >= 4 is 22.3 Å². The fraction of sp³-hybridized carbons (Fsp3) is 0.286. The Morgan fingerprint density at radius 2 is 1.79 bits per heavy atom. The number of hydrogen-bond donors (Lipinski definition) is 1. The van der Waals surface area contributed by atoms with Crippen LogP contribution in [0.3, 0.4) is 0 Å². The van der Waals surface area contributed by atoms with E-state index in [2.05, 4.69) is 37.4 Å². The smallest absolute Gasteiger partial charge is 0.119 e. The van der Waals surface area contributed by atoms with Gasteiger partial charge in [-0.1, -0.05) is 11.6 Å². The zero-order valence-corrected chi connectivity index (χ0v) is 14.4. The Morgan fingerprint density at radius 3 is 2.46 bits per heavy atom. The Kier molecular flexibility index (Phi) is 3.64. The van der Waals surface area contributed by atoms with Gasteiger partial charge in [-0.25, -0.2) is 0 Å². The lowest BCUT2D eigenvalue weighted by Crippen LogP contribution is -1.98. The topological polar surface area (TPSA) is 34.1 Å². The molecule has 3 nitrogen and oxygen atoms in total. The molecule has 1 fully saturated rings. The third-order valence-corrected chi connectivity index (χ3v) is 4.60. The maximum atomic E-state index is 5.24. The SMILES string of the molecule is COc1ccc(Nc2cc(C)nc3c(C4CC4)cc(C)cc23)cc1. The van der Waals surface area contributed by atoms with Gasteiger partial charge >= 0.3 is 0 Å². The van der Waals surface area contributed by atoms with Crippen molar-refractivity contribution in [2.45, 2.75) is 32.6 Å². The first kappa shape index (κ1) is 15.0. The second-order valence-corrected chi connectivity index (χ2v) is 6.69. The number of rotatable bonds is 4. The highest BCUT2D eigenvalue weighted by molar-refractivity contribution is 5.96. The Hall–Kier alpha value is -2.55. The molecular weight excluding hydrogens is 296 g/mol. The molecule has 1 aliphatic rings. The number of methoxy groups -OCH3 is 1. The van der Waals surface area contributed by atoms with Crippen LogP contribution in [0.1, 0.15) is 35.6 Å². The lowest BCUT2D eigenvalue weighted by Gasteiger charge is -2.14. The van der Waals surface area contributed by atoms with Crippen molar-refractivity contribution in [3.05, 3.63) is 59.3 Å². The Labute approximate surface area is 142 Å². The molecule has 0 atom stereocenters. The number of aryl methyl sites for hydroxylation is 2. The molecule has 1 saturated carbocycles. The van der Waals surface area contributed by atoms with E-state index in [0.717, 1.165) is 28.3 Å². The summed E-state index contributed by atoms with van der Waals surface area (Å²) in [5.74, 6) is 1.55. The number of nitrogens with one attached hydrogen (secondary N) is 1. The summed E-state index contributed by atoms with van der Waals surface area (Å²) in [6.45, 7) is 4.23. The van der Waals surface area contributed by atoms with Gasteiger partial charge in [-0.05, 0) is 74.6 Å². The molecular formula is C21H22N2O. The van der Waals surface area contributed by atoms with Crippen LogP contribution in [0.25, 0.3) is 10.9 Å². The van der Waals surface area contributed by atoms with Gasteiger partial charge in [-0.15, -0.1) is 0 Å². The average Bonchev–Trinajstić information content (AvgIpc) is 3.40. The summed E-state index contributed by atoms with van der Waals surface area (Å²) >= 11 is 0. The highest BCUT2D eigenvalue weighted by atomic mass is 16.5. The van der Waals surface area contributed by atoms with E-state index in [0.29, 0.717) is 5.92 Å². The molecule has 0 aliphatic heterocycles. The van der Waals surface area contributed by atoms with E-state index in [4.69, 9.17) is 9.72 Å². The van der Waals surface area contributed by atoms with E-state index < -0.39 is 0 Å². The van der Waals surface area contributed by atoms with Crippen molar-refractivity contribution in [1.29, 1.82) is 0 Å². The van der Waals surface area contributed by atoms with Gasteiger partial charge in [0, 0.05) is 22.5 Å². The lowest BCUT2D eigenvalue weighted by molar-refractivity contribution is 0.415. The summed E-state index contributed by atoms with van der Waals surface area (Å²) in [5.41, 5.74) is 7.08. The number of anilines is 2. The first-order chi connectivity index (χ1) is 11.6. The highest BCUT2D eigenvalue weighted by Gasteiger charge is 2.26. The molecule has 1 aliphatic carbocycles. The summed E-state index contributed by atoms with van der Waals surface area (Å²) < 4.78 is 5.24. The Morgan fingerprint density at radius 1 is 1.04 bits per heavy atom. The van der Waals surface area contributed by atoms with Gasteiger partial charge in [0.1, 0.15) is 5.75 Å². The lowest BCUT2D eigenvalue weighted by atomic mass is 10.0. The summed E-state index contributed by atoms with van der Waals surface area (Å²) in [6, 6.07) is 14.7. The van der Waals surface area contributed by atoms with Crippen LogP contribution in [-0.2, 0) is 0 Å². The third-order valence-electron chi connectivity index (χ3n) is 4.60. The van der Waals surface area contributed by atoms with E-state index in [1.807, 2.05) is 24.3 Å². The molecule has 122 valence electrons. The standard InChI is InChI=1S/C21H22N2O/c1-13-10-18(15-4-5-15)21-19(11-13)20(12-14(2)22-21)23-16-6-8-17(24-3)9-7-16/h6-12,15H,4-5H2,1-3H3,(H,22,23). The zero-order valence-electron chi connectivity index (χ0n) is 14.4. The Balaban J connectivity index is 1.81. The molecule has 3 aromatic rings. The van der Waals surface area contributed by atoms with Crippen LogP contribution in [0.5, 0.6) is 5.75 Å². The summed E-state index contributed by atoms with van der Waals surface area (Å²) in [5, 5.41) is 4.76. The minimum atomic E-state index is 0.690. The number of hydrogen-bond acceptors (Lipinski definition) is 3. The number of ether oxygens (including phenoxy) is 1. The number of aromatic nitrogens is 1. The van der Waals surface area contributed by atoms with Crippen molar-refractivity contribution in [1.82, 2.24) is 4.98 Å². The molecule has 0 spiro atoms. The normalized spacial score (nSPS) is 14.0. The average molecular weight is 318 g/mol. The maximum Gasteiger partial charge on any atom is 0.119 e. The predicted molar refractivity (Wildman–Crippen MR) is 99.5 cm³/mol. The van der Waals surface area contributed by atoms with Gasteiger partial charge < -0.3 is 10.1 Å². The molecule has 2 aromatic carbocycles. The van der Waals surface area contributed by atoms with Crippen molar-refractivity contribution < 1.29 is 4.74 Å². The molecule has 1 N–H and O–H groups in total. The molecule has 3 heteroatoms. The minimum absolute atomic E-state index is 0.690. The number of pyridine rings is 1. The van der Waals surface area contributed by atoms with Gasteiger partial charge in [-0.3, -0.25) is 4.98 Å². The fourth-order valence-electron chi connectivity index (χ4n) is 3.27. The second-order valence-electron chi connectivity index (χ2n) is 6.69. The molecule has 0 saturated heterocycles. The van der Waals surface area contributed by atoms with Gasteiger partial charge in [0.05, 0.1) is 12.6 Å². The molecule has 1 heterocycles. The third kappa shape index (κ3) is 2.82. The number of benzene rings is 2. The summed E-state index contributed by atoms with van der Waals surface area (Å²) in [7, 11) is 1.68. The number of fused-ring (bicyclic) bond motifs is 1. The first-order valence-electron chi connectivity index (χ1n) is 8.47. The van der Waals surface area contributed by atoms with Crippen LogP contribution in [0.15, 0.2) is 42.5 Å². The molecule has 1 aromatic heterocycles. The first-order valence-corrected chi connectivity index (χ1v) is 8.47. The van der Waals surface area contributed by atoms with Crippen LogP contribution in [0, 0.1) is 13.8 Å². The minimum Gasteiger partial charge on any atom is -0.497 e. The van der Waals surface area contributed by atoms with Crippen LogP contribution >= 0.6 is 0 Å². The predicted octanol–water partition coefficient (Wildman–Crippen LogP) is 5.48. The van der Waals surface area contributed by atoms with Gasteiger partial charge in [0.2, 0.25) is 0 Å². The molecule has 4 rings (SSSR count).